The van der Waals surface area contributed by atoms with Crippen LogP contribution in [0.2, 0.25) is 0 Å². The predicted molar refractivity (Wildman–Crippen MR) is 77.2 cm³/mol. The second-order valence-corrected chi connectivity index (χ2v) is 5.52. The lowest BCUT2D eigenvalue weighted by atomic mass is 10.1. The van der Waals surface area contributed by atoms with E-state index in [1.807, 2.05) is 0 Å². The van der Waals surface area contributed by atoms with Gasteiger partial charge in [0.25, 0.3) is 11.6 Å². The molecule has 1 aliphatic rings. The molecular formula is C14H17ClN2O3. The van der Waals surface area contributed by atoms with Crippen molar-refractivity contribution in [3.8, 4) is 0 Å². The van der Waals surface area contributed by atoms with Crippen LogP contribution in [0.25, 0.3) is 0 Å². The number of carbonyl (C=O) groups is 1. The predicted octanol–water partition coefficient (Wildman–Crippen LogP) is 2.99. The number of non-ortho nitro benzene ring substituents is 1. The number of aryl methyl sites for hydroxylation is 1. The minimum absolute atomic E-state index is 0.0459. The number of benzene rings is 1. The number of amides is 1. The molecule has 1 heterocycles. The highest BCUT2D eigenvalue weighted by Gasteiger charge is 2.28. The Kier molecular flexibility index (Phi) is 4.60. The molecule has 1 fully saturated rings. The molecule has 1 unspecified atom stereocenters. The van der Waals surface area contributed by atoms with Gasteiger partial charge in [-0.15, -0.1) is 11.6 Å². The first-order chi connectivity index (χ1) is 9.52. The quantitative estimate of drug-likeness (QED) is 0.487. The van der Waals surface area contributed by atoms with Crippen LogP contribution in [-0.4, -0.2) is 34.7 Å². The first-order valence-electron chi connectivity index (χ1n) is 6.63. The maximum atomic E-state index is 12.5. The summed E-state index contributed by atoms with van der Waals surface area (Å²) in [5.74, 6) is 0.918. The van der Waals surface area contributed by atoms with Gasteiger partial charge in [0.05, 0.1) is 4.92 Å². The zero-order valence-corrected chi connectivity index (χ0v) is 12.1. The number of carbonyl (C=O) groups excluding carboxylic acids is 1. The summed E-state index contributed by atoms with van der Waals surface area (Å²) in [6, 6.07) is 4.41. The highest BCUT2D eigenvalue weighted by molar-refractivity contribution is 6.17. The summed E-state index contributed by atoms with van der Waals surface area (Å²) < 4.78 is 0. The summed E-state index contributed by atoms with van der Waals surface area (Å²) in [5.41, 5.74) is 1.14. The summed E-state index contributed by atoms with van der Waals surface area (Å²) in [5, 5.41) is 10.8. The summed E-state index contributed by atoms with van der Waals surface area (Å²) in [7, 11) is 0. The van der Waals surface area contributed by atoms with Crippen LogP contribution in [0.3, 0.4) is 0 Å². The Morgan fingerprint density at radius 3 is 2.95 bits per heavy atom. The van der Waals surface area contributed by atoms with Crippen LogP contribution >= 0.6 is 11.6 Å². The average Bonchev–Trinajstić information content (AvgIpc) is 2.87. The molecule has 0 N–H and O–H groups in total. The molecule has 1 atom stereocenters. The van der Waals surface area contributed by atoms with E-state index < -0.39 is 4.92 Å². The van der Waals surface area contributed by atoms with Crippen molar-refractivity contribution in [1.29, 1.82) is 0 Å². The first kappa shape index (κ1) is 14.8. The van der Waals surface area contributed by atoms with Crippen molar-refractivity contribution in [2.24, 2.45) is 5.92 Å². The molecule has 0 bridgehead atoms. The van der Waals surface area contributed by atoms with Gasteiger partial charge in [-0.3, -0.25) is 14.9 Å². The van der Waals surface area contributed by atoms with Crippen LogP contribution in [0, 0.1) is 23.0 Å². The van der Waals surface area contributed by atoms with Crippen molar-refractivity contribution in [1.82, 2.24) is 4.90 Å². The number of nitro benzene ring substituents is 1. The Labute approximate surface area is 122 Å². The van der Waals surface area contributed by atoms with E-state index in [4.69, 9.17) is 11.6 Å². The fourth-order valence-electron chi connectivity index (χ4n) is 2.53. The molecule has 1 aromatic carbocycles. The van der Waals surface area contributed by atoms with Gasteiger partial charge in [0, 0.05) is 36.7 Å². The standard InChI is InChI=1S/C14H17ClN2O3/c1-10-2-3-12(17(19)20)8-13(10)14(18)16-7-5-11(9-16)4-6-15/h2-3,8,11H,4-7,9H2,1H3. The van der Waals surface area contributed by atoms with Gasteiger partial charge in [-0.2, -0.15) is 0 Å². The highest BCUT2D eigenvalue weighted by Crippen LogP contribution is 2.24. The van der Waals surface area contributed by atoms with E-state index in [9.17, 15) is 14.9 Å². The van der Waals surface area contributed by atoms with E-state index in [1.165, 1.54) is 12.1 Å². The van der Waals surface area contributed by atoms with Gasteiger partial charge in [0.2, 0.25) is 0 Å². The third kappa shape index (κ3) is 3.10. The molecular weight excluding hydrogens is 280 g/mol. The normalized spacial score (nSPS) is 18.3. The van der Waals surface area contributed by atoms with Gasteiger partial charge in [-0.25, -0.2) is 0 Å². The highest BCUT2D eigenvalue weighted by atomic mass is 35.5. The summed E-state index contributed by atoms with van der Waals surface area (Å²) in [6.45, 7) is 3.18. The molecule has 1 aliphatic heterocycles. The lowest BCUT2D eigenvalue weighted by molar-refractivity contribution is -0.384. The molecule has 1 amide bonds. The Bertz CT molecular complexity index is 533. The number of rotatable bonds is 4. The van der Waals surface area contributed by atoms with Gasteiger partial charge in [0.15, 0.2) is 0 Å². The van der Waals surface area contributed by atoms with Crippen LogP contribution in [0.15, 0.2) is 18.2 Å². The van der Waals surface area contributed by atoms with Gasteiger partial charge in [0.1, 0.15) is 0 Å². The van der Waals surface area contributed by atoms with Gasteiger partial charge in [-0.05, 0) is 31.2 Å². The molecule has 5 nitrogen and oxygen atoms in total. The molecule has 0 aliphatic carbocycles. The number of halogens is 1. The Morgan fingerprint density at radius 1 is 1.55 bits per heavy atom. The van der Waals surface area contributed by atoms with Crippen molar-refractivity contribution in [3.63, 3.8) is 0 Å². The van der Waals surface area contributed by atoms with E-state index in [0.717, 1.165) is 18.4 Å². The zero-order valence-electron chi connectivity index (χ0n) is 11.3. The second kappa shape index (κ2) is 6.22. The molecule has 0 saturated carbocycles. The molecule has 0 aromatic heterocycles. The van der Waals surface area contributed by atoms with Gasteiger partial charge < -0.3 is 4.90 Å². The number of alkyl halides is 1. The minimum Gasteiger partial charge on any atom is -0.338 e. The van der Waals surface area contributed by atoms with Crippen LogP contribution in [0.4, 0.5) is 5.69 Å². The third-order valence-corrected chi connectivity index (χ3v) is 3.97. The van der Waals surface area contributed by atoms with Crippen molar-refractivity contribution in [3.05, 3.63) is 39.4 Å². The molecule has 20 heavy (non-hydrogen) atoms. The van der Waals surface area contributed by atoms with E-state index >= 15 is 0 Å². The largest absolute Gasteiger partial charge is 0.338 e. The maximum Gasteiger partial charge on any atom is 0.270 e. The number of hydrogen-bond acceptors (Lipinski definition) is 3. The lowest BCUT2D eigenvalue weighted by Crippen LogP contribution is -2.29. The SMILES string of the molecule is Cc1ccc([N+](=O)[O-])cc1C(=O)N1CCC(CCCl)C1. The molecule has 6 heteroatoms. The molecule has 0 radical (unpaired) electrons. The summed E-state index contributed by atoms with van der Waals surface area (Å²) >= 11 is 5.73. The van der Waals surface area contributed by atoms with Gasteiger partial charge in [-0.1, -0.05) is 6.07 Å². The smallest absolute Gasteiger partial charge is 0.270 e. The summed E-state index contributed by atoms with van der Waals surface area (Å²) in [6.07, 6.45) is 1.85. The molecule has 1 aromatic rings. The van der Waals surface area contributed by atoms with Crippen LogP contribution in [0.5, 0.6) is 0 Å². The van der Waals surface area contributed by atoms with Crippen LogP contribution in [-0.2, 0) is 0 Å². The topological polar surface area (TPSA) is 63.5 Å². The van der Waals surface area contributed by atoms with E-state index in [-0.39, 0.29) is 11.6 Å². The van der Waals surface area contributed by atoms with Crippen molar-refractivity contribution < 1.29 is 9.72 Å². The first-order valence-corrected chi connectivity index (χ1v) is 7.16. The third-order valence-electron chi connectivity index (χ3n) is 3.75. The molecule has 108 valence electrons. The van der Waals surface area contributed by atoms with E-state index in [1.54, 1.807) is 17.9 Å². The molecule has 0 spiro atoms. The second-order valence-electron chi connectivity index (χ2n) is 5.14. The maximum absolute atomic E-state index is 12.5. The van der Waals surface area contributed by atoms with Crippen molar-refractivity contribution >= 4 is 23.2 Å². The monoisotopic (exact) mass is 296 g/mol. The molecule has 1 saturated heterocycles. The van der Waals surface area contributed by atoms with E-state index in [0.29, 0.717) is 30.5 Å². The molecule has 2 rings (SSSR count). The van der Waals surface area contributed by atoms with Crippen molar-refractivity contribution in [2.75, 3.05) is 19.0 Å². The van der Waals surface area contributed by atoms with Gasteiger partial charge >= 0.3 is 0 Å². The fourth-order valence-corrected chi connectivity index (χ4v) is 2.84. The zero-order chi connectivity index (χ0) is 14.7. The Balaban J connectivity index is 2.17. The number of likely N-dealkylation sites (tertiary alicyclic amines) is 1. The average molecular weight is 297 g/mol. The van der Waals surface area contributed by atoms with Crippen molar-refractivity contribution in [2.45, 2.75) is 19.8 Å². The summed E-state index contributed by atoms with van der Waals surface area (Å²) in [4.78, 5) is 24.6. The number of nitro groups is 1. The van der Waals surface area contributed by atoms with Crippen LogP contribution < -0.4 is 0 Å². The number of nitrogens with zero attached hydrogens (tertiary/aromatic N) is 2. The Hall–Kier alpha value is -1.62. The Morgan fingerprint density at radius 2 is 2.30 bits per heavy atom. The van der Waals surface area contributed by atoms with Crippen LogP contribution in [0.1, 0.15) is 28.8 Å². The van der Waals surface area contributed by atoms with E-state index in [2.05, 4.69) is 0 Å². The minimum atomic E-state index is -0.476. The number of hydrogen-bond donors (Lipinski definition) is 0. The lowest BCUT2D eigenvalue weighted by Gasteiger charge is -2.17. The fraction of sp³-hybridized carbons (Fsp3) is 0.500.